The lowest BCUT2D eigenvalue weighted by molar-refractivity contribution is 0.338. The van der Waals surface area contributed by atoms with Crippen LogP contribution in [0.1, 0.15) is 38.5 Å². The molecule has 2 nitrogen and oxygen atoms in total. The lowest BCUT2D eigenvalue weighted by Gasteiger charge is -2.13. The normalized spacial score (nSPS) is 25.1. The Kier molecular flexibility index (Phi) is 4.85. The van der Waals surface area contributed by atoms with Crippen molar-refractivity contribution in [3.63, 3.8) is 0 Å². The highest BCUT2D eigenvalue weighted by Gasteiger charge is 2.13. The maximum Gasteiger partial charge on any atom is 0.0621 e. The van der Waals surface area contributed by atoms with Crippen LogP contribution < -0.4 is 0 Å². The highest BCUT2D eigenvalue weighted by Crippen LogP contribution is 2.21. The van der Waals surface area contributed by atoms with E-state index in [1.807, 2.05) is 0 Å². The number of nitriles is 1. The molecule has 0 radical (unpaired) electrons. The minimum absolute atomic E-state index is 0.742. The number of unbranched alkanes of at least 4 members (excludes halogenated alkanes) is 1. The van der Waals surface area contributed by atoms with Gasteiger partial charge in [0.05, 0.1) is 6.07 Å². The topological polar surface area (TPSA) is 27.0 Å². The Hall–Kier alpha value is -0.550. The molecule has 2 heteroatoms. The Morgan fingerprint density at radius 2 is 2.23 bits per heavy atom. The van der Waals surface area contributed by atoms with E-state index in [1.165, 1.54) is 38.8 Å². The van der Waals surface area contributed by atoms with Crippen molar-refractivity contribution in [2.24, 2.45) is 5.92 Å². The summed E-state index contributed by atoms with van der Waals surface area (Å²) in [5.41, 5.74) is 0. The van der Waals surface area contributed by atoms with Crippen molar-refractivity contribution < 1.29 is 0 Å². The van der Waals surface area contributed by atoms with E-state index in [-0.39, 0.29) is 0 Å². The van der Waals surface area contributed by atoms with Crippen molar-refractivity contribution in [3.05, 3.63) is 0 Å². The average molecular weight is 180 g/mol. The van der Waals surface area contributed by atoms with Gasteiger partial charge in [0, 0.05) is 6.42 Å². The number of hydrogen-bond donors (Lipinski definition) is 0. The number of rotatable bonds is 3. The first-order valence-electron chi connectivity index (χ1n) is 5.38. The van der Waals surface area contributed by atoms with Crippen molar-refractivity contribution in [2.45, 2.75) is 38.5 Å². The molecule has 1 aliphatic heterocycles. The van der Waals surface area contributed by atoms with Gasteiger partial charge in [0.25, 0.3) is 0 Å². The first-order valence-corrected chi connectivity index (χ1v) is 5.38. The van der Waals surface area contributed by atoms with Crippen LogP contribution in [0.2, 0.25) is 0 Å². The molecule has 1 heterocycles. The third kappa shape index (κ3) is 4.28. The van der Waals surface area contributed by atoms with Gasteiger partial charge < -0.3 is 4.90 Å². The second kappa shape index (κ2) is 5.99. The molecular weight excluding hydrogens is 160 g/mol. The molecule has 1 atom stereocenters. The smallest absolute Gasteiger partial charge is 0.0621 e. The molecule has 74 valence electrons. The van der Waals surface area contributed by atoms with E-state index in [4.69, 9.17) is 5.26 Å². The summed E-state index contributed by atoms with van der Waals surface area (Å²) in [6.07, 6.45) is 7.16. The SMILES string of the molecule is CN1CCCC(CCCC#N)CC1. The van der Waals surface area contributed by atoms with E-state index >= 15 is 0 Å². The number of nitrogens with zero attached hydrogens (tertiary/aromatic N) is 2. The van der Waals surface area contributed by atoms with Gasteiger partial charge in [-0.1, -0.05) is 0 Å². The second-order valence-electron chi connectivity index (χ2n) is 4.15. The van der Waals surface area contributed by atoms with Gasteiger partial charge in [0.15, 0.2) is 0 Å². The first-order chi connectivity index (χ1) is 6.33. The molecule has 0 aromatic carbocycles. The molecule has 0 aliphatic carbocycles. The molecule has 13 heavy (non-hydrogen) atoms. The highest BCUT2D eigenvalue weighted by molar-refractivity contribution is 4.72. The zero-order chi connectivity index (χ0) is 9.52. The van der Waals surface area contributed by atoms with Crippen LogP contribution in [0.5, 0.6) is 0 Å². The average Bonchev–Trinajstić information content (AvgIpc) is 2.32. The molecule has 0 aromatic rings. The van der Waals surface area contributed by atoms with Gasteiger partial charge in [0.1, 0.15) is 0 Å². The fourth-order valence-electron chi connectivity index (χ4n) is 2.07. The minimum atomic E-state index is 0.742. The Morgan fingerprint density at radius 1 is 1.38 bits per heavy atom. The van der Waals surface area contributed by atoms with Crippen molar-refractivity contribution in [2.75, 3.05) is 20.1 Å². The second-order valence-corrected chi connectivity index (χ2v) is 4.15. The summed E-state index contributed by atoms with van der Waals surface area (Å²) in [4.78, 5) is 2.42. The Bertz CT molecular complexity index is 171. The van der Waals surface area contributed by atoms with Crippen LogP contribution in [0.15, 0.2) is 0 Å². The van der Waals surface area contributed by atoms with Gasteiger partial charge in [-0.2, -0.15) is 5.26 Å². The lowest BCUT2D eigenvalue weighted by atomic mass is 9.95. The van der Waals surface area contributed by atoms with Crippen molar-refractivity contribution in [1.29, 1.82) is 5.26 Å². The number of hydrogen-bond acceptors (Lipinski definition) is 2. The molecule has 0 amide bonds. The zero-order valence-corrected chi connectivity index (χ0v) is 8.63. The molecular formula is C11H20N2. The van der Waals surface area contributed by atoms with Gasteiger partial charge >= 0.3 is 0 Å². The van der Waals surface area contributed by atoms with Crippen LogP contribution in [-0.4, -0.2) is 25.0 Å². The predicted molar refractivity (Wildman–Crippen MR) is 54.3 cm³/mol. The molecule has 0 N–H and O–H groups in total. The molecule has 0 bridgehead atoms. The maximum atomic E-state index is 8.44. The summed E-state index contributed by atoms with van der Waals surface area (Å²) in [6.45, 7) is 2.51. The minimum Gasteiger partial charge on any atom is -0.306 e. The van der Waals surface area contributed by atoms with Crippen LogP contribution in [-0.2, 0) is 0 Å². The summed E-state index contributed by atoms with van der Waals surface area (Å²) >= 11 is 0. The van der Waals surface area contributed by atoms with Gasteiger partial charge in [-0.3, -0.25) is 0 Å². The fourth-order valence-corrected chi connectivity index (χ4v) is 2.07. The monoisotopic (exact) mass is 180 g/mol. The van der Waals surface area contributed by atoms with Gasteiger partial charge in [0.2, 0.25) is 0 Å². The quantitative estimate of drug-likeness (QED) is 0.624. The third-order valence-electron chi connectivity index (χ3n) is 2.97. The van der Waals surface area contributed by atoms with Gasteiger partial charge in [-0.05, 0) is 58.2 Å². The zero-order valence-electron chi connectivity index (χ0n) is 8.63. The molecule has 0 spiro atoms. The summed E-state index contributed by atoms with van der Waals surface area (Å²) in [7, 11) is 2.21. The Balaban J connectivity index is 2.15. The van der Waals surface area contributed by atoms with Crippen LogP contribution in [0.25, 0.3) is 0 Å². The largest absolute Gasteiger partial charge is 0.306 e. The summed E-state index contributed by atoms with van der Waals surface area (Å²) < 4.78 is 0. The van der Waals surface area contributed by atoms with Crippen molar-refractivity contribution in [1.82, 2.24) is 4.90 Å². The van der Waals surface area contributed by atoms with E-state index < -0.39 is 0 Å². The molecule has 0 saturated carbocycles. The molecule has 0 aromatic heterocycles. The predicted octanol–water partition coefficient (Wildman–Crippen LogP) is 2.41. The van der Waals surface area contributed by atoms with Crippen LogP contribution >= 0.6 is 0 Å². The van der Waals surface area contributed by atoms with E-state index in [2.05, 4.69) is 18.0 Å². The van der Waals surface area contributed by atoms with Crippen LogP contribution in [0.3, 0.4) is 0 Å². The van der Waals surface area contributed by atoms with Gasteiger partial charge in [-0.25, -0.2) is 0 Å². The maximum absolute atomic E-state index is 8.44. The Labute approximate surface area is 81.5 Å². The van der Waals surface area contributed by atoms with Crippen molar-refractivity contribution in [3.8, 4) is 6.07 Å². The Morgan fingerprint density at radius 3 is 3.00 bits per heavy atom. The van der Waals surface area contributed by atoms with E-state index in [1.54, 1.807) is 0 Å². The molecule has 1 fully saturated rings. The van der Waals surface area contributed by atoms with Crippen LogP contribution in [0.4, 0.5) is 0 Å². The first kappa shape index (κ1) is 10.5. The highest BCUT2D eigenvalue weighted by atomic mass is 15.1. The third-order valence-corrected chi connectivity index (χ3v) is 2.97. The molecule has 1 saturated heterocycles. The summed E-state index contributed by atoms with van der Waals surface area (Å²) in [5, 5.41) is 8.44. The standard InChI is InChI=1S/C11H20N2/c1-13-9-4-6-11(7-10-13)5-2-3-8-12/h11H,2-7,9-10H2,1H3. The lowest BCUT2D eigenvalue weighted by Crippen LogP contribution is -2.18. The fraction of sp³-hybridized carbons (Fsp3) is 0.909. The summed E-state index contributed by atoms with van der Waals surface area (Å²) in [6, 6.07) is 2.22. The molecule has 1 rings (SSSR count). The molecule has 1 unspecified atom stereocenters. The summed E-state index contributed by atoms with van der Waals surface area (Å²) in [5.74, 6) is 0.887. The molecule has 1 aliphatic rings. The van der Waals surface area contributed by atoms with Crippen LogP contribution in [0, 0.1) is 17.2 Å². The number of likely N-dealkylation sites (tertiary alicyclic amines) is 1. The van der Waals surface area contributed by atoms with E-state index in [0.717, 1.165) is 18.8 Å². The van der Waals surface area contributed by atoms with E-state index in [0.29, 0.717) is 0 Å². The van der Waals surface area contributed by atoms with Crippen molar-refractivity contribution >= 4 is 0 Å². The van der Waals surface area contributed by atoms with E-state index in [9.17, 15) is 0 Å². The van der Waals surface area contributed by atoms with Gasteiger partial charge in [-0.15, -0.1) is 0 Å².